The number of anilines is 1. The lowest BCUT2D eigenvalue weighted by molar-refractivity contribution is -0.517. The van der Waals surface area contributed by atoms with Crippen molar-refractivity contribution in [2.75, 3.05) is 4.90 Å². The van der Waals surface area contributed by atoms with Crippen LogP contribution in [0.1, 0.15) is 160 Å². The maximum Gasteiger partial charge on any atom is 0.279 e. The van der Waals surface area contributed by atoms with Crippen LogP contribution < -0.4 is 36.3 Å². The molecule has 0 spiro atoms. The van der Waals surface area contributed by atoms with Crippen LogP contribution in [0.25, 0.3) is 260 Å². The fourth-order valence-corrected chi connectivity index (χ4v) is 40.0. The van der Waals surface area contributed by atoms with E-state index in [2.05, 4.69) is 243 Å². The molecule has 17 aromatic carbocycles. The molecule has 0 fully saturated rings. The lowest BCUT2D eigenvalue weighted by atomic mass is 9.47. The van der Waals surface area contributed by atoms with Gasteiger partial charge in [-0.1, -0.05) is 115 Å². The van der Waals surface area contributed by atoms with Crippen LogP contribution in [0, 0.1) is 27.9 Å². The number of rotatable bonds is 1. The summed E-state index contributed by atoms with van der Waals surface area (Å²) in [6.07, 6.45) is 47.8. The number of nitrogens with one attached hydrogen (secondary N) is 1. The first-order chi connectivity index (χ1) is 68.3. The first-order valence-electron chi connectivity index (χ1n) is 50.6. The van der Waals surface area contributed by atoms with Gasteiger partial charge in [0.15, 0.2) is 0 Å². The molecule has 0 saturated carbocycles. The largest absolute Gasteiger partial charge is 0.356 e. The number of allylic oxidation sites excluding steroid dienone is 15. The lowest BCUT2D eigenvalue weighted by Crippen LogP contribution is -2.61. The summed E-state index contributed by atoms with van der Waals surface area (Å²) in [4.78, 5) is 36.4. The van der Waals surface area contributed by atoms with Crippen molar-refractivity contribution < 1.29 is 4.92 Å². The molecule has 0 bridgehead atoms. The van der Waals surface area contributed by atoms with E-state index in [1.54, 1.807) is 49.9 Å². The normalized spacial score (nSPS) is 27.9. The van der Waals surface area contributed by atoms with Crippen molar-refractivity contribution >= 4 is 261 Å². The highest BCUT2D eigenvalue weighted by Gasteiger charge is 2.69. The molecular weight excluding hydrogens is 1680 g/mol. The van der Waals surface area contributed by atoms with Gasteiger partial charge in [0.25, 0.3) is 6.04 Å². The van der Waals surface area contributed by atoms with E-state index in [1.807, 2.05) is 0 Å². The minimum absolute atomic E-state index is 0.0486. The number of aromatic amines is 1. The number of H-pyrrole nitrogens is 1. The first-order valence-corrected chi connectivity index (χ1v) is 50.6. The molecule has 4 aromatic heterocycles. The summed E-state index contributed by atoms with van der Waals surface area (Å²) in [7, 11) is 0. The molecular formula is C129H55N7O2. The molecule has 9 heteroatoms. The highest BCUT2D eigenvalue weighted by Crippen LogP contribution is 2.81. The predicted molar refractivity (Wildman–Crippen MR) is 551 cm³/mol. The second-order valence-electron chi connectivity index (χ2n) is 46.5. The Kier molecular flexibility index (Phi) is 7.99. The third kappa shape index (κ3) is 5.21. The van der Waals surface area contributed by atoms with Crippen molar-refractivity contribution in [3.8, 4) is 11.1 Å². The monoisotopic (exact) mass is 1730 g/mol. The Labute approximate surface area is 775 Å². The number of fused-ring (bicyclic) bond motifs is 12. The summed E-state index contributed by atoms with van der Waals surface area (Å²) in [5.74, 6) is 0.0413. The molecule has 0 saturated heterocycles. The summed E-state index contributed by atoms with van der Waals surface area (Å²) in [5, 5.41) is 63.9. The third-order valence-electron chi connectivity index (χ3n) is 42.8. The standard InChI is InChI=1S/C129H55N7O2/c137-136(138)129-115-75-47-22-46-23-50-19-41-10-7-40-13-15-61-72-34-44-12-9-39-8-11-42-29-58-32-55-26-48-20-45-21-49-25-53-30-57-4-2-6-71-64-33-43-14-16-60-70-5-1-3-56-31-54-28-51-27-52(24-47)84(115)102-83(51)103-89(54)124(132(56)70)117-91(60)81(43)104-96(64)116-98-66(36-69-99-105(98)110(104)112(117)109(103)108(99)114(102)122(129)131-69)97(88(53)123(116)133(57)71)77(49)68-38-130-37-67(73(45)68)76(48)93-62-18-17-59-63-35-65(75)74(46)100-82(50)101-80(41)78(40)92(61)118-111(101)106(95(63)100)107-90(59)94(62)119-113-120(107)128(118)135(72)127-86(44)79(39)85(42)126(121(113)127)134(58)125(119)87(55)93/h1-9,11-21,23-38,66,73,85,88,96,101,111,118,121,123,126-129,131H,10,22H2. The zero-order valence-electron chi connectivity index (χ0n) is 72.8. The summed E-state index contributed by atoms with van der Waals surface area (Å²) in [6, 6.07) is 44.8. The van der Waals surface area contributed by atoms with Gasteiger partial charge in [0.2, 0.25) is 0 Å². The van der Waals surface area contributed by atoms with Crippen LogP contribution in [0.15, 0.2) is 242 Å². The van der Waals surface area contributed by atoms with Crippen molar-refractivity contribution in [3.63, 3.8) is 0 Å². The van der Waals surface area contributed by atoms with Gasteiger partial charge in [0.1, 0.15) is 5.69 Å². The minimum Gasteiger partial charge on any atom is -0.356 e. The van der Waals surface area contributed by atoms with Gasteiger partial charge in [-0.05, 0) is 372 Å². The van der Waals surface area contributed by atoms with Crippen molar-refractivity contribution in [2.45, 2.75) is 78.6 Å². The summed E-state index contributed by atoms with van der Waals surface area (Å²) < 4.78 is 2.68. The molecule has 10 aliphatic heterocycles. The van der Waals surface area contributed by atoms with Gasteiger partial charge in [-0.3, -0.25) is 15.1 Å². The SMILES string of the molecule is O=[N+]([O-])C1c2c3c4cc5cc6cc7cc8cccc9c%10ccc%11c%12c%13c%14c%15c%16c([nH]c1c1c%16c%16c%14c(c%12%10)c(c7c%16c6c1c25)n89)=CC1C%15=C2C%13C(=C5C=CC=C6C=C7C=C8C=C9C=c%10cc%12c%13c%14c%15c%16c%17c%18c%19c%20c(cc-3c3c(cc%21c(c3%20)C3C%20=c%22c%23c(ccc%22=CCC%20=C%21)C%20=Cc%21ccc%22c%24c%21C(C%16C%16C%24C(=CC(=C%12)N%14%16)C=C%22)N%20C%17C%23C%193)C4)c3ccc(c%13c%10=C4C=NC=C(C8=C1C7C2N65)C94)c%15c%183)C=%11. The van der Waals surface area contributed by atoms with E-state index in [4.69, 9.17) is 4.99 Å². The molecule has 138 heavy (non-hydrogen) atoms. The van der Waals surface area contributed by atoms with Gasteiger partial charge in [0, 0.05) is 202 Å². The Morgan fingerprint density at radius 2 is 1.35 bits per heavy atom. The highest BCUT2D eigenvalue weighted by atomic mass is 16.6. The van der Waals surface area contributed by atoms with Gasteiger partial charge in [-0.15, -0.1) is 0 Å². The fourth-order valence-electron chi connectivity index (χ4n) is 40.0. The Morgan fingerprint density at radius 3 is 2.32 bits per heavy atom. The fraction of sp³-hybridized carbons (Fsp3) is 0.124. The molecule has 26 aliphatic rings. The topological polar surface area (TPSA) is 85.4 Å². The van der Waals surface area contributed by atoms with Gasteiger partial charge < -0.3 is 24.1 Å². The molecule has 16 aliphatic carbocycles. The van der Waals surface area contributed by atoms with Crippen LogP contribution in [0.4, 0.5) is 5.69 Å². The van der Waals surface area contributed by atoms with Crippen molar-refractivity contribution in [1.82, 2.24) is 19.2 Å². The molecule has 618 valence electrons. The predicted octanol–water partition coefficient (Wildman–Crippen LogP) is 23.2. The maximum atomic E-state index is 16.7. The van der Waals surface area contributed by atoms with Gasteiger partial charge >= 0.3 is 0 Å². The summed E-state index contributed by atoms with van der Waals surface area (Å²) >= 11 is 0. The summed E-state index contributed by atoms with van der Waals surface area (Å²) in [6.45, 7) is 0. The van der Waals surface area contributed by atoms with E-state index in [1.165, 1.54) is 334 Å². The van der Waals surface area contributed by atoms with E-state index < -0.39 is 6.04 Å². The second-order valence-corrected chi connectivity index (χ2v) is 46.5. The number of benzene rings is 17. The Morgan fingerprint density at radius 1 is 0.471 bits per heavy atom. The van der Waals surface area contributed by atoms with E-state index in [0.717, 1.165) is 44.7 Å². The van der Waals surface area contributed by atoms with Crippen LogP contribution in [-0.4, -0.2) is 42.4 Å². The molecule has 1 N–H and O–H groups in total. The number of aromatic nitrogens is 2. The maximum absolute atomic E-state index is 16.7. The molecule has 47 rings (SSSR count). The smallest absolute Gasteiger partial charge is 0.279 e. The zero-order chi connectivity index (χ0) is 85.7. The van der Waals surface area contributed by atoms with Crippen LogP contribution in [-0.2, 0) is 6.42 Å². The first kappa shape index (κ1) is 62.1. The third-order valence-corrected chi connectivity index (χ3v) is 42.8. The molecule has 14 atom stereocenters. The summed E-state index contributed by atoms with van der Waals surface area (Å²) in [5.41, 5.74) is 55.9. The van der Waals surface area contributed by atoms with E-state index in [9.17, 15) is 0 Å². The molecule has 14 unspecified atom stereocenters. The molecule has 21 aromatic rings. The Balaban J connectivity index is 0.713. The van der Waals surface area contributed by atoms with Crippen molar-refractivity contribution in [2.24, 2.45) is 22.7 Å². The number of pyridine rings is 4. The van der Waals surface area contributed by atoms with Gasteiger partial charge in [0.05, 0.1) is 40.9 Å². The molecule has 0 amide bonds. The van der Waals surface area contributed by atoms with E-state index in [-0.39, 0.29) is 82.4 Å². The zero-order valence-corrected chi connectivity index (χ0v) is 72.8. The van der Waals surface area contributed by atoms with Crippen LogP contribution >= 0.6 is 0 Å². The molecule has 0 radical (unpaired) electrons. The van der Waals surface area contributed by atoms with E-state index in [0.29, 0.717) is 6.42 Å². The van der Waals surface area contributed by atoms with Crippen LogP contribution in [0.2, 0.25) is 0 Å². The highest BCUT2D eigenvalue weighted by molar-refractivity contribution is 6.56. The average Bonchev–Trinajstić information content (AvgIpc) is 0.625. The lowest BCUT2D eigenvalue weighted by Gasteiger charge is -2.67. The van der Waals surface area contributed by atoms with Crippen molar-refractivity contribution in [1.29, 1.82) is 0 Å². The van der Waals surface area contributed by atoms with Gasteiger partial charge in [-0.25, -0.2) is 0 Å². The molecule has 14 heterocycles. The quantitative estimate of drug-likeness (QED) is 0.0766. The molecule has 9 nitrogen and oxygen atoms in total. The number of hydrogen-bond donors (Lipinski definition) is 1. The number of aliphatic imine (C=N–C) groups is 1. The van der Waals surface area contributed by atoms with Crippen LogP contribution in [0.3, 0.4) is 0 Å². The average molecular weight is 1730 g/mol. The van der Waals surface area contributed by atoms with Gasteiger partial charge in [-0.2, -0.15) is 0 Å². The van der Waals surface area contributed by atoms with Crippen molar-refractivity contribution in [3.05, 3.63) is 379 Å². The minimum atomic E-state index is -1.29. The van der Waals surface area contributed by atoms with Crippen LogP contribution in [0.5, 0.6) is 0 Å². The number of nitro groups is 1. The Hall–Kier alpha value is -16.5. The Bertz CT molecular complexity index is 12100. The second kappa shape index (κ2) is 17.7. The van der Waals surface area contributed by atoms with E-state index >= 15 is 10.1 Å². The number of nitrogens with zero attached hydrogens (tertiary/aromatic N) is 6. The number of hydrogen-bond acceptors (Lipinski definition) is 6.